The molecule has 3 aromatic carbocycles. The molecule has 3 heterocycles. The van der Waals surface area contributed by atoms with Gasteiger partial charge in [-0.1, -0.05) is 44.5 Å². The van der Waals surface area contributed by atoms with Crippen LogP contribution in [0.2, 0.25) is 0 Å². The van der Waals surface area contributed by atoms with Crippen molar-refractivity contribution in [2.75, 3.05) is 25.2 Å². The third-order valence-corrected chi connectivity index (χ3v) is 13.8. The van der Waals surface area contributed by atoms with E-state index in [0.717, 1.165) is 17.2 Å². The fourth-order valence-corrected chi connectivity index (χ4v) is 10.8. The maximum atomic E-state index is 15.9. The van der Waals surface area contributed by atoms with Crippen LogP contribution >= 0.6 is 0 Å². The van der Waals surface area contributed by atoms with Gasteiger partial charge in [-0.15, -0.1) is 0 Å². The van der Waals surface area contributed by atoms with E-state index < -0.39 is 55.0 Å². The second-order valence-corrected chi connectivity index (χ2v) is 18.6. The Balaban J connectivity index is 1.51. The van der Waals surface area contributed by atoms with E-state index in [1.165, 1.54) is 30.0 Å². The van der Waals surface area contributed by atoms with Gasteiger partial charge >= 0.3 is 5.97 Å². The number of ether oxygens (including phenoxy) is 1. The molecule has 2 aromatic heterocycles. The second kappa shape index (κ2) is 14.9. The van der Waals surface area contributed by atoms with Crippen LogP contribution in [-0.2, 0) is 55.5 Å². The van der Waals surface area contributed by atoms with Crippen LogP contribution in [0.25, 0.3) is 22.3 Å². The maximum absolute atomic E-state index is 15.9. The van der Waals surface area contributed by atoms with Crippen LogP contribution in [0.3, 0.4) is 0 Å². The van der Waals surface area contributed by atoms with E-state index in [9.17, 15) is 22.5 Å². The summed E-state index contributed by atoms with van der Waals surface area (Å²) in [6.45, 7) is 5.83. The van der Waals surface area contributed by atoms with E-state index in [-0.39, 0.29) is 52.1 Å². The van der Waals surface area contributed by atoms with Crippen molar-refractivity contribution < 1.29 is 36.0 Å². The molecule has 0 amide bonds. The van der Waals surface area contributed by atoms with E-state index in [4.69, 9.17) is 14.8 Å². The second-order valence-electron chi connectivity index (χ2n) is 15.0. The number of carbonyl (C=O) groups is 1. The first-order valence-electron chi connectivity index (χ1n) is 17.5. The molecule has 0 saturated heterocycles. The lowest BCUT2D eigenvalue weighted by molar-refractivity contribution is -0.143. The first-order valence-corrected chi connectivity index (χ1v) is 20.4. The van der Waals surface area contributed by atoms with Crippen molar-refractivity contribution in [3.05, 3.63) is 94.9 Å². The molecule has 2 unspecified atom stereocenters. The molecule has 0 fully saturated rings. The largest absolute Gasteiger partial charge is 0.481 e. The Labute approximate surface area is 310 Å². The molecule has 14 heteroatoms. The number of carboxylic acids is 1. The average Bonchev–Trinajstić information content (AvgIpc) is 3.72. The zero-order valence-electron chi connectivity index (χ0n) is 30.4. The van der Waals surface area contributed by atoms with Gasteiger partial charge in [0.2, 0.25) is 0 Å². The molecular formula is C39H44F2N4O6S2. The Kier molecular flexibility index (Phi) is 10.8. The summed E-state index contributed by atoms with van der Waals surface area (Å²) in [7, 11) is -2.73. The van der Waals surface area contributed by atoms with Crippen molar-refractivity contribution in [1.82, 2.24) is 19.7 Å². The number of nitrogens with zero attached hydrogens (tertiary/aromatic N) is 3. The zero-order chi connectivity index (χ0) is 38.3. The topological polar surface area (TPSA) is 144 Å². The van der Waals surface area contributed by atoms with Crippen molar-refractivity contribution in [2.45, 2.75) is 68.1 Å². The van der Waals surface area contributed by atoms with Gasteiger partial charge in [-0.05, 0) is 85.0 Å². The number of fused-ring (bicyclic) bond motifs is 8. The number of hydrogen-bond acceptors (Lipinski definition) is 7. The molecule has 0 spiro atoms. The van der Waals surface area contributed by atoms with Crippen molar-refractivity contribution in [3.8, 4) is 11.4 Å². The van der Waals surface area contributed by atoms with Crippen molar-refractivity contribution in [3.63, 3.8) is 0 Å². The van der Waals surface area contributed by atoms with Gasteiger partial charge in [-0.25, -0.2) is 31.1 Å². The standard InChI is InChI=1S/C39H44F2N4O6S2/c1-38(2)14-7-15-39(3,26-9-6-8-24(19-26)18-25(22-51-5)36(46)47)37-43-35(45(4)44-37)30-20-27(10-11-31(30)40)52(48)34-29(13-17-53(49,50)23-38)28-12-16-42-33(28)21-32(34)41/h6,8-12,16,19-21,25,42H,7,13-15,17-18,22-23H2,1-5H3,(H,46,47)/t25?,39-,52?/m1/s1. The number of methoxy groups -OCH3 is 1. The maximum Gasteiger partial charge on any atom is 0.309 e. The van der Waals surface area contributed by atoms with Gasteiger partial charge in [0.1, 0.15) is 11.6 Å². The summed E-state index contributed by atoms with van der Waals surface area (Å²) >= 11 is 0. The summed E-state index contributed by atoms with van der Waals surface area (Å²) in [5, 5.41) is 15.1. The number of aromatic nitrogens is 4. The van der Waals surface area contributed by atoms with Gasteiger partial charge in [-0.2, -0.15) is 5.10 Å². The molecule has 5 aromatic rings. The number of carboxylic acid groups (broad SMARTS) is 1. The summed E-state index contributed by atoms with van der Waals surface area (Å²) in [4.78, 5) is 19.8. The minimum absolute atomic E-state index is 0.0200. The Morgan fingerprint density at radius 2 is 1.87 bits per heavy atom. The molecule has 0 radical (unpaired) electrons. The molecule has 3 atom stereocenters. The minimum atomic E-state index is -3.67. The number of hydrogen-bond donors (Lipinski definition) is 2. The molecule has 282 valence electrons. The number of benzene rings is 3. The normalized spacial score (nSPS) is 21.0. The van der Waals surface area contributed by atoms with Crippen LogP contribution in [0.15, 0.2) is 70.6 Å². The highest BCUT2D eigenvalue weighted by Crippen LogP contribution is 2.40. The molecule has 53 heavy (non-hydrogen) atoms. The number of H-pyrrole nitrogens is 1. The summed E-state index contributed by atoms with van der Waals surface area (Å²) in [6.07, 6.45) is 3.40. The number of sulfone groups is 1. The summed E-state index contributed by atoms with van der Waals surface area (Å²) in [6, 6.07) is 14.4. The summed E-state index contributed by atoms with van der Waals surface area (Å²) in [5.74, 6) is -2.96. The number of halogens is 2. The average molecular weight is 767 g/mol. The molecule has 10 nitrogen and oxygen atoms in total. The van der Waals surface area contributed by atoms with Gasteiger partial charge in [0.15, 0.2) is 21.5 Å². The number of aliphatic carboxylic acids is 1. The number of rotatable bonds is 6. The predicted octanol–water partition coefficient (Wildman–Crippen LogP) is 6.77. The van der Waals surface area contributed by atoms with Crippen molar-refractivity contribution >= 4 is 37.5 Å². The lowest BCUT2D eigenvalue weighted by Crippen LogP contribution is -2.29. The molecule has 1 aliphatic rings. The third kappa shape index (κ3) is 8.00. The lowest BCUT2D eigenvalue weighted by atomic mass is 9.75. The van der Waals surface area contributed by atoms with Crippen LogP contribution in [0.4, 0.5) is 8.78 Å². The van der Waals surface area contributed by atoms with Crippen LogP contribution in [0.5, 0.6) is 0 Å². The number of aromatic amines is 1. The fourth-order valence-electron chi connectivity index (χ4n) is 7.48. The van der Waals surface area contributed by atoms with E-state index in [0.29, 0.717) is 41.6 Å². The summed E-state index contributed by atoms with van der Waals surface area (Å²) < 4.78 is 79.9. The Bertz CT molecular complexity index is 2320. The van der Waals surface area contributed by atoms with Crippen LogP contribution in [-0.4, -0.2) is 68.7 Å². The van der Waals surface area contributed by atoms with Crippen molar-refractivity contribution in [2.24, 2.45) is 18.4 Å². The van der Waals surface area contributed by atoms with Gasteiger partial charge in [0.25, 0.3) is 0 Å². The monoisotopic (exact) mass is 766 g/mol. The number of nitrogens with one attached hydrogen (secondary N) is 1. The molecule has 2 N–H and O–H groups in total. The van der Waals surface area contributed by atoms with Gasteiger partial charge in [0.05, 0.1) is 50.7 Å². The van der Waals surface area contributed by atoms with E-state index in [1.54, 1.807) is 19.3 Å². The van der Waals surface area contributed by atoms with Crippen molar-refractivity contribution in [1.29, 1.82) is 0 Å². The van der Waals surface area contributed by atoms with Crippen LogP contribution < -0.4 is 0 Å². The smallest absolute Gasteiger partial charge is 0.309 e. The molecule has 0 saturated carbocycles. The molecular weight excluding hydrogens is 723 g/mol. The van der Waals surface area contributed by atoms with Crippen LogP contribution in [0, 0.1) is 23.0 Å². The highest BCUT2D eigenvalue weighted by Gasteiger charge is 2.36. The SMILES string of the molecule is COCC(Cc1cccc([C@@]2(C)CCCC(C)(C)CS(=O)(=O)CCc3c(c(F)cc4[nH]ccc34)S(=O)c3ccc(F)c(c3)-c3nc2nn3C)c1)C(=O)O. The summed E-state index contributed by atoms with van der Waals surface area (Å²) in [5.41, 5.74) is 0.883. The van der Waals surface area contributed by atoms with Crippen LogP contribution in [0.1, 0.15) is 62.5 Å². The quantitative estimate of drug-likeness (QED) is 0.193. The zero-order valence-corrected chi connectivity index (χ0v) is 32.0. The lowest BCUT2D eigenvalue weighted by Gasteiger charge is -2.31. The predicted molar refractivity (Wildman–Crippen MR) is 199 cm³/mol. The highest BCUT2D eigenvalue weighted by molar-refractivity contribution is 7.91. The van der Waals surface area contributed by atoms with E-state index in [2.05, 4.69) is 4.98 Å². The van der Waals surface area contributed by atoms with Gasteiger partial charge in [0, 0.05) is 36.2 Å². The molecule has 6 rings (SSSR count). The Morgan fingerprint density at radius 3 is 2.60 bits per heavy atom. The third-order valence-electron chi connectivity index (χ3n) is 10.3. The molecule has 4 bridgehead atoms. The number of aryl methyl sites for hydroxylation is 2. The fraction of sp³-hybridized carbons (Fsp3) is 0.410. The molecule has 1 aliphatic heterocycles. The Hall–Kier alpha value is -4.27. The van der Waals surface area contributed by atoms with Gasteiger partial charge in [-0.3, -0.25) is 4.79 Å². The molecule has 0 aliphatic carbocycles. The van der Waals surface area contributed by atoms with E-state index >= 15 is 8.78 Å². The first kappa shape index (κ1) is 38.5. The first-order chi connectivity index (χ1) is 25.0. The van der Waals surface area contributed by atoms with Gasteiger partial charge < -0.3 is 14.8 Å². The van der Waals surface area contributed by atoms with E-state index in [1.807, 2.05) is 45.0 Å². The Morgan fingerprint density at radius 1 is 1.09 bits per heavy atom. The highest BCUT2D eigenvalue weighted by atomic mass is 32.2. The minimum Gasteiger partial charge on any atom is -0.481 e.